The topological polar surface area (TPSA) is 77.5 Å². The van der Waals surface area contributed by atoms with Crippen LogP contribution in [-0.2, 0) is 7.05 Å². The van der Waals surface area contributed by atoms with Gasteiger partial charge in [-0.3, -0.25) is 4.68 Å². The van der Waals surface area contributed by atoms with Gasteiger partial charge in [0.2, 0.25) is 4.77 Å². The van der Waals surface area contributed by atoms with Gasteiger partial charge in [-0.15, -0.1) is 0 Å². The van der Waals surface area contributed by atoms with Gasteiger partial charge in [-0.05, 0) is 26.1 Å². The van der Waals surface area contributed by atoms with Crippen molar-refractivity contribution in [1.29, 1.82) is 0 Å². The van der Waals surface area contributed by atoms with E-state index in [-0.39, 0.29) is 0 Å². The quantitative estimate of drug-likeness (QED) is 0.551. The number of hydrogen-bond donors (Lipinski definition) is 2. The zero-order valence-electron chi connectivity index (χ0n) is 8.77. The van der Waals surface area contributed by atoms with Crippen LogP contribution in [0.25, 0.3) is 11.4 Å². The van der Waals surface area contributed by atoms with Crippen molar-refractivity contribution in [3.63, 3.8) is 0 Å². The minimum absolute atomic E-state index is 0.396. The number of aromatic amines is 1. The first-order chi connectivity index (χ1) is 7.02. The Balaban J connectivity index is 2.74. The van der Waals surface area contributed by atoms with Crippen LogP contribution < -0.4 is 5.84 Å². The number of nitrogens with one attached hydrogen (secondary N) is 1. The first-order valence-corrected chi connectivity index (χ1v) is 4.86. The molecule has 2 rings (SSSR count). The molecule has 2 aromatic rings. The van der Waals surface area contributed by atoms with Crippen molar-refractivity contribution in [2.24, 2.45) is 7.05 Å². The molecule has 7 heteroatoms. The van der Waals surface area contributed by atoms with Gasteiger partial charge >= 0.3 is 0 Å². The number of rotatable bonds is 1. The predicted molar refractivity (Wildman–Crippen MR) is 59.2 cm³/mol. The highest BCUT2D eigenvalue weighted by atomic mass is 32.1. The second kappa shape index (κ2) is 3.20. The van der Waals surface area contributed by atoms with Gasteiger partial charge < -0.3 is 5.84 Å². The second-order valence-electron chi connectivity index (χ2n) is 3.39. The molecule has 0 saturated heterocycles. The fourth-order valence-electron chi connectivity index (χ4n) is 1.58. The summed E-state index contributed by atoms with van der Waals surface area (Å²) in [5.41, 5.74) is 2.82. The Labute approximate surface area is 91.7 Å². The van der Waals surface area contributed by atoms with E-state index in [1.165, 1.54) is 4.68 Å². The fourth-order valence-corrected chi connectivity index (χ4v) is 1.71. The molecular weight excluding hydrogens is 212 g/mol. The van der Waals surface area contributed by atoms with Gasteiger partial charge in [0.1, 0.15) is 0 Å². The van der Waals surface area contributed by atoms with Crippen LogP contribution in [0.2, 0.25) is 0 Å². The summed E-state index contributed by atoms with van der Waals surface area (Å²) in [4.78, 5) is 0. The predicted octanol–water partition coefficient (Wildman–Crippen LogP) is 0.672. The lowest BCUT2D eigenvalue weighted by Crippen LogP contribution is -2.10. The maximum atomic E-state index is 5.76. The van der Waals surface area contributed by atoms with Crippen molar-refractivity contribution in [3.8, 4) is 11.4 Å². The first-order valence-electron chi connectivity index (χ1n) is 4.45. The largest absolute Gasteiger partial charge is 0.335 e. The molecule has 0 atom stereocenters. The summed E-state index contributed by atoms with van der Waals surface area (Å²) < 4.78 is 3.54. The number of H-pyrrole nitrogens is 1. The molecule has 0 saturated carbocycles. The highest BCUT2D eigenvalue weighted by Crippen LogP contribution is 2.23. The summed E-state index contributed by atoms with van der Waals surface area (Å²) in [5, 5.41) is 11.0. The highest BCUT2D eigenvalue weighted by Gasteiger charge is 2.16. The number of aryl methyl sites for hydroxylation is 2. The lowest BCUT2D eigenvalue weighted by Gasteiger charge is -2.00. The van der Waals surface area contributed by atoms with Crippen LogP contribution >= 0.6 is 12.2 Å². The Morgan fingerprint density at radius 3 is 2.47 bits per heavy atom. The van der Waals surface area contributed by atoms with Gasteiger partial charge in [-0.2, -0.15) is 10.2 Å². The average Bonchev–Trinajstić information content (AvgIpc) is 2.60. The molecule has 80 valence electrons. The van der Waals surface area contributed by atoms with E-state index >= 15 is 0 Å². The van der Waals surface area contributed by atoms with Crippen LogP contribution in [0.1, 0.15) is 11.4 Å². The number of nitrogens with two attached hydrogens (primary N) is 1. The van der Waals surface area contributed by atoms with E-state index in [1.807, 2.05) is 20.9 Å². The molecular formula is C8H12N6S. The minimum Gasteiger partial charge on any atom is -0.335 e. The Hall–Kier alpha value is -1.63. The second-order valence-corrected chi connectivity index (χ2v) is 3.78. The smallest absolute Gasteiger partial charge is 0.214 e. The van der Waals surface area contributed by atoms with Crippen LogP contribution in [0.4, 0.5) is 0 Å². The Kier molecular flexibility index (Phi) is 2.11. The number of nitrogen functional groups attached to an aromatic ring is 1. The maximum Gasteiger partial charge on any atom is 0.214 e. The Bertz CT molecular complexity index is 560. The van der Waals surface area contributed by atoms with Crippen molar-refractivity contribution in [1.82, 2.24) is 24.7 Å². The molecule has 0 radical (unpaired) electrons. The van der Waals surface area contributed by atoms with E-state index in [0.717, 1.165) is 17.0 Å². The van der Waals surface area contributed by atoms with Crippen molar-refractivity contribution >= 4 is 12.2 Å². The Morgan fingerprint density at radius 1 is 1.40 bits per heavy atom. The molecule has 0 bridgehead atoms. The van der Waals surface area contributed by atoms with E-state index < -0.39 is 0 Å². The third-order valence-corrected chi connectivity index (χ3v) is 2.73. The third kappa shape index (κ3) is 1.35. The molecule has 0 fully saturated rings. The molecule has 3 N–H and O–H groups in total. The molecule has 0 unspecified atom stereocenters. The SMILES string of the molecule is Cc1nn(C)c(C)c1-c1n[nH]c(=S)n1N. The zero-order chi connectivity index (χ0) is 11.2. The van der Waals surface area contributed by atoms with Crippen LogP contribution in [0.3, 0.4) is 0 Å². The number of hydrogen-bond acceptors (Lipinski definition) is 4. The highest BCUT2D eigenvalue weighted by molar-refractivity contribution is 7.71. The molecule has 2 heterocycles. The molecule has 0 aliphatic carbocycles. The van der Waals surface area contributed by atoms with Crippen molar-refractivity contribution in [2.75, 3.05) is 5.84 Å². The van der Waals surface area contributed by atoms with Gasteiger partial charge in [-0.25, -0.2) is 9.77 Å². The fraction of sp³-hybridized carbons (Fsp3) is 0.375. The maximum absolute atomic E-state index is 5.76. The van der Waals surface area contributed by atoms with Crippen LogP contribution in [-0.4, -0.2) is 24.7 Å². The number of aromatic nitrogens is 5. The van der Waals surface area contributed by atoms with Gasteiger partial charge in [0, 0.05) is 12.7 Å². The summed E-state index contributed by atoms with van der Waals surface area (Å²) in [5.74, 6) is 6.38. The monoisotopic (exact) mass is 224 g/mol. The summed E-state index contributed by atoms with van der Waals surface area (Å²) >= 11 is 4.96. The van der Waals surface area contributed by atoms with Gasteiger partial charge in [0.05, 0.1) is 11.3 Å². The normalized spacial score (nSPS) is 10.9. The molecule has 6 nitrogen and oxygen atoms in total. The van der Waals surface area contributed by atoms with Gasteiger partial charge in [-0.1, -0.05) is 0 Å². The molecule has 15 heavy (non-hydrogen) atoms. The molecule has 0 aromatic carbocycles. The third-order valence-electron chi connectivity index (χ3n) is 2.44. The summed E-state index contributed by atoms with van der Waals surface area (Å²) in [6.07, 6.45) is 0. The summed E-state index contributed by atoms with van der Waals surface area (Å²) in [7, 11) is 1.88. The Morgan fingerprint density at radius 2 is 2.07 bits per heavy atom. The van der Waals surface area contributed by atoms with Crippen molar-refractivity contribution in [2.45, 2.75) is 13.8 Å². The molecule has 0 aliphatic rings. The van der Waals surface area contributed by atoms with Crippen LogP contribution in [0, 0.1) is 18.6 Å². The average molecular weight is 224 g/mol. The molecule has 0 amide bonds. The number of nitrogens with zero attached hydrogens (tertiary/aromatic N) is 4. The summed E-state index contributed by atoms with van der Waals surface area (Å²) in [6, 6.07) is 0. The van der Waals surface area contributed by atoms with Gasteiger partial charge in [0.25, 0.3) is 0 Å². The molecule has 0 aliphatic heterocycles. The van der Waals surface area contributed by atoms with Crippen LogP contribution in [0.15, 0.2) is 0 Å². The molecule has 0 spiro atoms. The summed E-state index contributed by atoms with van der Waals surface area (Å²) in [6.45, 7) is 3.88. The van der Waals surface area contributed by atoms with E-state index in [4.69, 9.17) is 18.1 Å². The lowest BCUT2D eigenvalue weighted by atomic mass is 10.2. The van der Waals surface area contributed by atoms with Crippen molar-refractivity contribution in [3.05, 3.63) is 16.2 Å². The van der Waals surface area contributed by atoms with E-state index in [0.29, 0.717) is 10.6 Å². The zero-order valence-corrected chi connectivity index (χ0v) is 9.59. The van der Waals surface area contributed by atoms with Gasteiger partial charge in [0.15, 0.2) is 5.82 Å². The van der Waals surface area contributed by atoms with Crippen LogP contribution in [0.5, 0.6) is 0 Å². The standard InChI is InChI=1S/C8H12N6S/c1-4-6(5(2)13(3)12-4)7-10-11-8(15)14(7)9/h9H2,1-3H3,(H,11,15). The lowest BCUT2D eigenvalue weighted by molar-refractivity contribution is 0.731. The van der Waals surface area contributed by atoms with E-state index in [1.54, 1.807) is 4.68 Å². The van der Waals surface area contributed by atoms with E-state index in [9.17, 15) is 0 Å². The minimum atomic E-state index is 0.396. The first kappa shape index (κ1) is 9.91. The van der Waals surface area contributed by atoms with E-state index in [2.05, 4.69) is 15.3 Å². The molecule has 2 aromatic heterocycles. The van der Waals surface area contributed by atoms with Crippen molar-refractivity contribution < 1.29 is 0 Å².